The molecule has 0 bridgehead atoms. The third kappa shape index (κ3) is 5.86. The van der Waals surface area contributed by atoms with Crippen molar-refractivity contribution in [2.45, 2.75) is 33.8 Å². The lowest BCUT2D eigenvalue weighted by molar-refractivity contribution is -0.144. The number of carbonyl (C=O) groups excluding carboxylic acids is 3. The fraction of sp³-hybridized carbons (Fsp3) is 0.571. The van der Waals surface area contributed by atoms with Crippen LogP contribution in [-0.4, -0.2) is 73.0 Å². The van der Waals surface area contributed by atoms with Crippen molar-refractivity contribution in [2.75, 3.05) is 49.2 Å². The number of benzene rings is 1. The summed E-state index contributed by atoms with van der Waals surface area (Å²) in [5.41, 5.74) is -0.446. The van der Waals surface area contributed by atoms with Gasteiger partial charge in [0.25, 0.3) is 0 Å². The fourth-order valence-electron chi connectivity index (χ4n) is 3.45. The Morgan fingerprint density at radius 2 is 1.94 bits per heavy atom. The van der Waals surface area contributed by atoms with Gasteiger partial charge in [-0.3, -0.25) is 19.4 Å². The highest BCUT2D eigenvalue weighted by Gasteiger charge is 2.43. The summed E-state index contributed by atoms with van der Waals surface area (Å²) in [4.78, 5) is 49.9. The monoisotopic (exact) mass is 501 g/mol. The Balaban J connectivity index is 1.71. The Morgan fingerprint density at radius 1 is 1.29 bits per heavy atom. The maximum atomic E-state index is 14.8. The van der Waals surface area contributed by atoms with Crippen LogP contribution in [0.15, 0.2) is 18.2 Å². The summed E-state index contributed by atoms with van der Waals surface area (Å²) >= 11 is 0. The summed E-state index contributed by atoms with van der Waals surface area (Å²) in [6.45, 7) is 7.00. The quantitative estimate of drug-likeness (QED) is 0.585. The van der Waals surface area contributed by atoms with Crippen LogP contribution < -0.4 is 9.80 Å². The topological polar surface area (TPSA) is 126 Å². The highest BCUT2D eigenvalue weighted by Crippen LogP contribution is 2.48. The van der Waals surface area contributed by atoms with Crippen LogP contribution >= 0.6 is 7.75 Å². The molecule has 0 aliphatic carbocycles. The number of hydrogen-bond acceptors (Lipinski definition) is 8. The first-order valence-corrected chi connectivity index (χ1v) is 12.3. The van der Waals surface area contributed by atoms with Crippen LogP contribution in [0.4, 0.5) is 20.6 Å². The number of cyclic esters (lactones) is 1. The van der Waals surface area contributed by atoms with Gasteiger partial charge in [0.15, 0.2) is 0 Å². The van der Waals surface area contributed by atoms with E-state index < -0.39 is 49.6 Å². The van der Waals surface area contributed by atoms with Gasteiger partial charge >= 0.3 is 19.8 Å². The summed E-state index contributed by atoms with van der Waals surface area (Å²) in [7, 11) is -4.86. The van der Waals surface area contributed by atoms with Gasteiger partial charge in [0.2, 0.25) is 5.91 Å². The van der Waals surface area contributed by atoms with Crippen molar-refractivity contribution in [1.82, 2.24) is 4.67 Å². The van der Waals surface area contributed by atoms with Crippen LogP contribution in [0, 0.1) is 11.2 Å². The zero-order chi connectivity index (χ0) is 25.3. The molecule has 2 saturated heterocycles. The predicted molar refractivity (Wildman–Crippen MR) is 120 cm³/mol. The largest absolute Gasteiger partial charge is 0.490 e. The van der Waals surface area contributed by atoms with E-state index in [4.69, 9.17) is 14.0 Å². The Hall–Kier alpha value is -2.69. The van der Waals surface area contributed by atoms with Gasteiger partial charge in [-0.2, -0.15) is 0 Å². The molecule has 0 saturated carbocycles. The van der Waals surface area contributed by atoms with E-state index in [1.54, 1.807) is 12.1 Å². The Bertz CT molecular complexity index is 1010. The second kappa shape index (κ2) is 9.89. The molecule has 3 rings (SSSR count). The Morgan fingerprint density at radius 3 is 2.50 bits per heavy atom. The van der Waals surface area contributed by atoms with Crippen molar-refractivity contribution >= 4 is 37.1 Å². The third-order valence-corrected chi connectivity index (χ3v) is 6.79. The van der Waals surface area contributed by atoms with Crippen molar-refractivity contribution in [3.8, 4) is 0 Å². The van der Waals surface area contributed by atoms with E-state index in [1.165, 1.54) is 31.7 Å². The van der Waals surface area contributed by atoms with E-state index in [1.807, 2.05) is 4.90 Å². The van der Waals surface area contributed by atoms with Crippen molar-refractivity contribution in [1.29, 1.82) is 0 Å². The van der Waals surface area contributed by atoms with Gasteiger partial charge in [0.05, 0.1) is 43.1 Å². The average Bonchev–Trinajstić information content (AvgIpc) is 3.11. The van der Waals surface area contributed by atoms with Crippen molar-refractivity contribution in [3.05, 3.63) is 24.0 Å². The van der Waals surface area contributed by atoms with E-state index in [2.05, 4.69) is 0 Å². The molecule has 0 aromatic heterocycles. The standard InChI is InChI=1S/C21H29FN3O8P/c1-14(26)25(34(29,30)33-19(27)21(2,3)4)13-16-12-24(20(28)32-16)15-5-6-18(17(22)11-15)23-7-9-31-10-8-23/h5-6,11,16H,7-10,12-13H2,1-4H3,(H,29,30)/t16-/m1/s1. The van der Waals surface area contributed by atoms with Gasteiger partial charge in [-0.1, -0.05) is 0 Å². The number of anilines is 2. The van der Waals surface area contributed by atoms with E-state index in [0.717, 1.165) is 6.92 Å². The minimum absolute atomic E-state index is 0.105. The Labute approximate surface area is 196 Å². The maximum Gasteiger partial charge on any atom is 0.490 e. The van der Waals surface area contributed by atoms with Crippen LogP contribution in [0.25, 0.3) is 0 Å². The van der Waals surface area contributed by atoms with E-state index in [-0.39, 0.29) is 12.2 Å². The predicted octanol–water partition coefficient (Wildman–Crippen LogP) is 2.53. The molecule has 2 aliphatic heterocycles. The first-order valence-electron chi connectivity index (χ1n) is 10.8. The van der Waals surface area contributed by atoms with E-state index in [9.17, 15) is 28.2 Å². The molecule has 0 radical (unpaired) electrons. The van der Waals surface area contributed by atoms with E-state index >= 15 is 0 Å². The second-order valence-corrected chi connectivity index (χ2v) is 10.7. The summed E-state index contributed by atoms with van der Waals surface area (Å²) in [6, 6.07) is 4.34. The summed E-state index contributed by atoms with van der Waals surface area (Å²) < 4.78 is 43.1. The molecular formula is C21H29FN3O8P. The molecule has 2 atom stereocenters. The highest BCUT2D eigenvalue weighted by atomic mass is 31.2. The first kappa shape index (κ1) is 25.9. The van der Waals surface area contributed by atoms with Crippen LogP contribution in [-0.2, 0) is 28.2 Å². The number of hydrogen-bond donors (Lipinski definition) is 1. The summed E-state index contributed by atoms with van der Waals surface area (Å²) in [5.74, 6) is -2.33. The fourth-order valence-corrected chi connectivity index (χ4v) is 4.78. The minimum Gasteiger partial charge on any atom is -0.442 e. The lowest BCUT2D eigenvalue weighted by Gasteiger charge is -2.29. The SMILES string of the molecule is CC(=O)N(C[C@H]1CN(c2ccc(N3CCOCC3)c(F)c2)C(=O)O1)P(=O)(O)OC(=O)C(C)(C)C. The van der Waals surface area contributed by atoms with Crippen LogP contribution in [0.3, 0.4) is 0 Å². The number of carbonyl (C=O) groups is 3. The average molecular weight is 501 g/mol. The lowest BCUT2D eigenvalue weighted by Crippen LogP contribution is -2.37. The molecule has 0 spiro atoms. The van der Waals surface area contributed by atoms with Crippen molar-refractivity contribution in [2.24, 2.45) is 5.41 Å². The van der Waals surface area contributed by atoms with E-state index in [0.29, 0.717) is 36.7 Å². The molecule has 11 nitrogen and oxygen atoms in total. The van der Waals surface area contributed by atoms with Crippen LogP contribution in [0.2, 0.25) is 0 Å². The molecule has 1 N–H and O–H groups in total. The molecule has 1 unspecified atom stereocenters. The Kier molecular flexibility index (Phi) is 7.54. The van der Waals surface area contributed by atoms with Gasteiger partial charge < -0.3 is 18.9 Å². The maximum absolute atomic E-state index is 14.8. The normalized spacial score (nSPS) is 20.5. The smallest absolute Gasteiger partial charge is 0.442 e. The molecule has 34 heavy (non-hydrogen) atoms. The minimum atomic E-state index is -4.86. The number of halogens is 1. The molecule has 1 aromatic carbocycles. The summed E-state index contributed by atoms with van der Waals surface area (Å²) in [6.07, 6.45) is -1.81. The second-order valence-electron chi connectivity index (χ2n) is 9.07. The number of rotatable bonds is 6. The highest BCUT2D eigenvalue weighted by molar-refractivity contribution is 7.51. The molecular weight excluding hydrogens is 472 g/mol. The van der Waals surface area contributed by atoms with Gasteiger partial charge in [-0.05, 0) is 39.0 Å². The zero-order valence-corrected chi connectivity index (χ0v) is 20.4. The molecule has 2 fully saturated rings. The van der Waals surface area contributed by atoms with Gasteiger partial charge in [0, 0.05) is 20.0 Å². The van der Waals surface area contributed by atoms with Gasteiger partial charge in [-0.15, -0.1) is 0 Å². The molecule has 2 amide bonds. The molecule has 13 heteroatoms. The number of amides is 2. The van der Waals surface area contributed by atoms with Crippen LogP contribution in [0.5, 0.6) is 0 Å². The molecule has 188 valence electrons. The van der Waals surface area contributed by atoms with Gasteiger partial charge in [0.1, 0.15) is 11.9 Å². The number of nitrogens with zero attached hydrogens (tertiary/aromatic N) is 3. The van der Waals surface area contributed by atoms with Crippen LogP contribution in [0.1, 0.15) is 27.7 Å². The number of ether oxygens (including phenoxy) is 2. The molecule has 1 aromatic rings. The zero-order valence-electron chi connectivity index (χ0n) is 19.5. The lowest BCUT2D eigenvalue weighted by atomic mass is 9.98. The van der Waals surface area contributed by atoms with Crippen molar-refractivity contribution < 1.29 is 42.2 Å². The number of morpholine rings is 1. The third-order valence-electron chi connectivity index (χ3n) is 5.33. The molecule has 2 heterocycles. The van der Waals surface area contributed by atoms with Crippen molar-refractivity contribution in [3.63, 3.8) is 0 Å². The first-order chi connectivity index (χ1) is 15.8. The summed E-state index contributed by atoms with van der Waals surface area (Å²) in [5, 5.41) is 0. The van der Waals surface area contributed by atoms with Gasteiger partial charge in [-0.25, -0.2) is 18.4 Å². The molecule has 2 aliphatic rings.